The van der Waals surface area contributed by atoms with Crippen molar-refractivity contribution in [2.45, 2.75) is 19.4 Å². The van der Waals surface area contributed by atoms with Crippen molar-refractivity contribution in [3.8, 4) is 5.75 Å². The van der Waals surface area contributed by atoms with Crippen LogP contribution in [0.15, 0.2) is 18.3 Å². The first-order valence-corrected chi connectivity index (χ1v) is 6.56. The van der Waals surface area contributed by atoms with E-state index in [-0.39, 0.29) is 6.04 Å². The summed E-state index contributed by atoms with van der Waals surface area (Å²) in [6, 6.07) is 3.74. The summed E-state index contributed by atoms with van der Waals surface area (Å²) in [5.74, 6) is 0.771. The number of nitrogens with one attached hydrogen (secondary N) is 1. The molecule has 18 heavy (non-hydrogen) atoms. The molecule has 1 atom stereocenters. The van der Waals surface area contributed by atoms with Crippen molar-refractivity contribution in [2.75, 3.05) is 14.2 Å². The highest BCUT2D eigenvalue weighted by atomic mass is 32.1. The van der Waals surface area contributed by atoms with E-state index in [1.54, 1.807) is 13.3 Å². The fourth-order valence-electron chi connectivity index (χ4n) is 1.86. The molecule has 96 valence electrons. The van der Waals surface area contributed by atoms with Crippen LogP contribution in [0.1, 0.15) is 29.2 Å². The van der Waals surface area contributed by atoms with E-state index in [1.807, 2.05) is 19.2 Å². The number of hydrogen-bond acceptors (Lipinski definition) is 6. The largest absolute Gasteiger partial charge is 0.495 e. The number of pyridine rings is 1. The zero-order valence-electron chi connectivity index (χ0n) is 10.7. The van der Waals surface area contributed by atoms with Crippen molar-refractivity contribution >= 4 is 11.5 Å². The van der Waals surface area contributed by atoms with Crippen molar-refractivity contribution in [3.05, 3.63) is 34.6 Å². The number of rotatable bonds is 5. The Bertz CT molecular complexity index is 514. The second-order valence-electron chi connectivity index (χ2n) is 3.75. The Labute approximate surface area is 110 Å². The predicted molar refractivity (Wildman–Crippen MR) is 71.0 cm³/mol. The summed E-state index contributed by atoms with van der Waals surface area (Å²) < 4.78 is 9.39. The molecule has 2 rings (SSSR count). The van der Waals surface area contributed by atoms with Gasteiger partial charge in [0, 0.05) is 6.20 Å². The van der Waals surface area contributed by atoms with Crippen LogP contribution in [0.5, 0.6) is 5.75 Å². The van der Waals surface area contributed by atoms with Gasteiger partial charge in [-0.15, -0.1) is 5.10 Å². The summed E-state index contributed by atoms with van der Waals surface area (Å²) >= 11 is 1.40. The summed E-state index contributed by atoms with van der Waals surface area (Å²) in [5, 5.41) is 7.40. The Morgan fingerprint density at radius 1 is 1.50 bits per heavy atom. The molecule has 0 saturated heterocycles. The molecular weight excluding hydrogens is 248 g/mol. The van der Waals surface area contributed by atoms with E-state index in [0.29, 0.717) is 0 Å². The molecule has 0 amide bonds. The Morgan fingerprint density at radius 2 is 2.33 bits per heavy atom. The van der Waals surface area contributed by atoms with Crippen LogP contribution in [-0.4, -0.2) is 28.7 Å². The van der Waals surface area contributed by atoms with Crippen molar-refractivity contribution in [3.63, 3.8) is 0 Å². The maximum Gasteiger partial charge on any atom is 0.142 e. The minimum absolute atomic E-state index is 0.0314. The number of aryl methyl sites for hydroxylation is 1. The van der Waals surface area contributed by atoms with Gasteiger partial charge in [-0.25, -0.2) is 0 Å². The molecule has 1 unspecified atom stereocenters. The highest BCUT2D eigenvalue weighted by molar-refractivity contribution is 7.05. The normalized spacial score (nSPS) is 12.4. The lowest BCUT2D eigenvalue weighted by Gasteiger charge is -2.17. The standard InChI is InChI=1S/C12H16N4OS/c1-4-8-12(18-16-15-8)11(13-2)10-9(17-3)6-5-7-14-10/h5-7,11,13H,4H2,1-3H3. The third-order valence-electron chi connectivity index (χ3n) is 2.76. The number of hydrogen-bond donors (Lipinski definition) is 1. The van der Waals surface area contributed by atoms with Crippen LogP contribution in [0, 0.1) is 0 Å². The topological polar surface area (TPSA) is 59.9 Å². The molecule has 0 bridgehead atoms. The Morgan fingerprint density at radius 3 is 3.00 bits per heavy atom. The van der Waals surface area contributed by atoms with Gasteiger partial charge in [-0.1, -0.05) is 11.4 Å². The first-order chi connectivity index (χ1) is 8.81. The maximum absolute atomic E-state index is 5.36. The van der Waals surface area contributed by atoms with Crippen LogP contribution in [0.25, 0.3) is 0 Å². The van der Waals surface area contributed by atoms with Gasteiger partial charge in [-0.05, 0) is 37.1 Å². The van der Waals surface area contributed by atoms with Crippen LogP contribution in [0.3, 0.4) is 0 Å². The van der Waals surface area contributed by atoms with Crippen LogP contribution in [0.2, 0.25) is 0 Å². The minimum atomic E-state index is -0.0314. The van der Waals surface area contributed by atoms with Gasteiger partial charge in [0.05, 0.1) is 23.7 Å². The van der Waals surface area contributed by atoms with Crippen molar-refractivity contribution in [2.24, 2.45) is 0 Å². The Balaban J connectivity index is 2.45. The van der Waals surface area contributed by atoms with Crippen LogP contribution in [0.4, 0.5) is 0 Å². The van der Waals surface area contributed by atoms with E-state index in [1.165, 1.54) is 11.5 Å². The highest BCUT2D eigenvalue weighted by Crippen LogP contribution is 2.31. The van der Waals surface area contributed by atoms with Crippen LogP contribution < -0.4 is 10.1 Å². The van der Waals surface area contributed by atoms with Gasteiger partial charge in [-0.2, -0.15) is 0 Å². The molecule has 5 nitrogen and oxygen atoms in total. The quantitative estimate of drug-likeness (QED) is 0.892. The number of methoxy groups -OCH3 is 1. The van der Waals surface area contributed by atoms with E-state index in [2.05, 4.69) is 26.8 Å². The van der Waals surface area contributed by atoms with E-state index in [9.17, 15) is 0 Å². The molecule has 6 heteroatoms. The van der Waals surface area contributed by atoms with Crippen molar-refractivity contribution in [1.82, 2.24) is 19.9 Å². The molecular formula is C12H16N4OS. The lowest BCUT2D eigenvalue weighted by molar-refractivity contribution is 0.402. The molecule has 0 aromatic carbocycles. The summed E-state index contributed by atoms with van der Waals surface area (Å²) in [5.41, 5.74) is 1.87. The second-order valence-corrected chi connectivity index (χ2v) is 4.54. The number of ether oxygens (including phenoxy) is 1. The molecule has 0 aliphatic heterocycles. The molecule has 1 N–H and O–H groups in total. The van der Waals surface area contributed by atoms with E-state index in [4.69, 9.17) is 4.74 Å². The third kappa shape index (κ3) is 2.34. The first-order valence-electron chi connectivity index (χ1n) is 5.79. The van der Waals surface area contributed by atoms with Gasteiger partial charge in [0.15, 0.2) is 0 Å². The van der Waals surface area contributed by atoms with Gasteiger partial charge in [0.25, 0.3) is 0 Å². The van der Waals surface area contributed by atoms with Crippen LogP contribution >= 0.6 is 11.5 Å². The van der Waals surface area contributed by atoms with Gasteiger partial charge in [0.1, 0.15) is 11.4 Å². The fourth-order valence-corrected chi connectivity index (χ4v) is 2.72. The zero-order valence-corrected chi connectivity index (χ0v) is 11.5. The lowest BCUT2D eigenvalue weighted by Crippen LogP contribution is -2.20. The van der Waals surface area contributed by atoms with Gasteiger partial charge in [-0.3, -0.25) is 4.98 Å². The molecule has 0 aliphatic rings. The smallest absolute Gasteiger partial charge is 0.142 e. The third-order valence-corrected chi connectivity index (χ3v) is 3.60. The number of nitrogens with zero attached hydrogens (tertiary/aromatic N) is 3. The molecule has 2 aromatic rings. The molecule has 0 spiro atoms. The summed E-state index contributed by atoms with van der Waals surface area (Å²) in [4.78, 5) is 5.51. The van der Waals surface area contributed by atoms with E-state index >= 15 is 0 Å². The molecule has 0 saturated carbocycles. The predicted octanol–water partition coefficient (Wildman–Crippen LogP) is 1.81. The summed E-state index contributed by atoms with van der Waals surface area (Å²) in [6.45, 7) is 2.07. The van der Waals surface area contributed by atoms with E-state index < -0.39 is 0 Å². The summed E-state index contributed by atoms with van der Waals surface area (Å²) in [7, 11) is 3.55. The second kappa shape index (κ2) is 5.88. The van der Waals surface area contributed by atoms with E-state index in [0.717, 1.165) is 28.4 Å². The van der Waals surface area contributed by atoms with Crippen molar-refractivity contribution < 1.29 is 4.74 Å². The molecule has 2 heterocycles. The molecule has 0 radical (unpaired) electrons. The van der Waals surface area contributed by atoms with Gasteiger partial charge < -0.3 is 10.1 Å². The molecule has 2 aromatic heterocycles. The number of aromatic nitrogens is 3. The fraction of sp³-hybridized carbons (Fsp3) is 0.417. The summed E-state index contributed by atoms with van der Waals surface area (Å²) in [6.07, 6.45) is 2.63. The van der Waals surface area contributed by atoms with Crippen molar-refractivity contribution in [1.29, 1.82) is 0 Å². The highest BCUT2D eigenvalue weighted by Gasteiger charge is 2.23. The maximum atomic E-state index is 5.36. The van der Waals surface area contributed by atoms with Crippen LogP contribution in [-0.2, 0) is 6.42 Å². The average molecular weight is 264 g/mol. The van der Waals surface area contributed by atoms with Gasteiger partial charge >= 0.3 is 0 Å². The van der Waals surface area contributed by atoms with Gasteiger partial charge in [0.2, 0.25) is 0 Å². The SMILES string of the molecule is CCc1nnsc1C(NC)c1ncccc1OC. The monoisotopic (exact) mass is 264 g/mol. The molecule has 0 aliphatic carbocycles. The lowest BCUT2D eigenvalue weighted by atomic mass is 10.1. The Kier molecular flexibility index (Phi) is 4.22. The zero-order chi connectivity index (χ0) is 13.0. The first kappa shape index (κ1) is 12.9. The minimum Gasteiger partial charge on any atom is -0.495 e. The average Bonchev–Trinajstić information content (AvgIpc) is 2.88. The Hall–Kier alpha value is -1.53. The molecule has 0 fully saturated rings.